The number of fused-ring (bicyclic) bond motifs is 1. The molecule has 0 spiro atoms. The first-order valence-electron chi connectivity index (χ1n) is 9.06. The quantitative estimate of drug-likeness (QED) is 0.596. The zero-order valence-corrected chi connectivity index (χ0v) is 16.1. The number of hydrogen-bond donors (Lipinski definition) is 2. The Morgan fingerprint density at radius 3 is 2.72 bits per heavy atom. The minimum atomic E-state index is 0.232. The molecule has 29 heavy (non-hydrogen) atoms. The number of hydrogen-bond acceptors (Lipinski definition) is 9. The van der Waals surface area contributed by atoms with Crippen molar-refractivity contribution in [1.82, 2.24) is 15.2 Å². The van der Waals surface area contributed by atoms with Crippen molar-refractivity contribution in [2.45, 2.75) is 6.42 Å². The molecule has 1 aromatic heterocycles. The molecule has 0 bridgehead atoms. The molecule has 0 saturated carbocycles. The van der Waals surface area contributed by atoms with Gasteiger partial charge in [0, 0.05) is 18.3 Å². The predicted octanol–water partition coefficient (Wildman–Crippen LogP) is 3.02. The van der Waals surface area contributed by atoms with Crippen molar-refractivity contribution in [1.29, 1.82) is 0 Å². The fraction of sp³-hybridized carbons (Fsp3) is 0.250. The van der Waals surface area contributed by atoms with E-state index in [0.29, 0.717) is 35.6 Å². The molecule has 0 aliphatic carbocycles. The van der Waals surface area contributed by atoms with Crippen molar-refractivity contribution in [2.24, 2.45) is 0 Å². The van der Waals surface area contributed by atoms with Crippen LogP contribution in [0, 0.1) is 0 Å². The van der Waals surface area contributed by atoms with E-state index in [1.54, 1.807) is 20.4 Å². The van der Waals surface area contributed by atoms with Crippen LogP contribution < -0.4 is 29.6 Å². The normalized spacial score (nSPS) is 11.8. The first-order valence-corrected chi connectivity index (χ1v) is 9.06. The first-order chi connectivity index (χ1) is 14.2. The molecular formula is C20H21N5O4. The van der Waals surface area contributed by atoms with Gasteiger partial charge in [-0.1, -0.05) is 6.07 Å². The average molecular weight is 395 g/mol. The van der Waals surface area contributed by atoms with Gasteiger partial charge in [0.25, 0.3) is 0 Å². The van der Waals surface area contributed by atoms with E-state index in [4.69, 9.17) is 18.9 Å². The van der Waals surface area contributed by atoms with Crippen molar-refractivity contribution in [3.63, 3.8) is 0 Å². The molecule has 0 amide bonds. The van der Waals surface area contributed by atoms with Gasteiger partial charge in [0.05, 0.1) is 20.4 Å². The van der Waals surface area contributed by atoms with Gasteiger partial charge in [-0.2, -0.15) is 10.1 Å². The summed E-state index contributed by atoms with van der Waals surface area (Å²) >= 11 is 0. The van der Waals surface area contributed by atoms with Crippen LogP contribution in [-0.2, 0) is 6.42 Å². The molecule has 0 unspecified atom stereocenters. The molecule has 1 aliphatic heterocycles. The molecule has 150 valence electrons. The van der Waals surface area contributed by atoms with Gasteiger partial charge in [-0.15, -0.1) is 5.10 Å². The Balaban J connectivity index is 1.35. The van der Waals surface area contributed by atoms with Gasteiger partial charge in [0.15, 0.2) is 28.8 Å². The lowest BCUT2D eigenvalue weighted by Gasteiger charge is -2.10. The highest BCUT2D eigenvalue weighted by molar-refractivity contribution is 5.60. The second-order valence-electron chi connectivity index (χ2n) is 6.22. The van der Waals surface area contributed by atoms with E-state index < -0.39 is 0 Å². The Labute approximate surface area is 168 Å². The zero-order chi connectivity index (χ0) is 20.1. The molecule has 0 atom stereocenters. The van der Waals surface area contributed by atoms with Gasteiger partial charge in [0.2, 0.25) is 12.7 Å². The topological polar surface area (TPSA) is 99.7 Å². The molecule has 0 saturated heterocycles. The molecule has 4 rings (SSSR count). The molecule has 0 fully saturated rings. The van der Waals surface area contributed by atoms with Crippen molar-refractivity contribution < 1.29 is 18.9 Å². The fourth-order valence-corrected chi connectivity index (χ4v) is 2.92. The molecule has 2 heterocycles. The maximum absolute atomic E-state index is 5.38. The summed E-state index contributed by atoms with van der Waals surface area (Å²) < 4.78 is 21.3. The van der Waals surface area contributed by atoms with Gasteiger partial charge < -0.3 is 29.6 Å². The second-order valence-corrected chi connectivity index (χ2v) is 6.22. The van der Waals surface area contributed by atoms with Crippen LogP contribution in [0.25, 0.3) is 0 Å². The summed E-state index contributed by atoms with van der Waals surface area (Å²) in [6.07, 6.45) is 2.37. The van der Waals surface area contributed by atoms with E-state index in [2.05, 4.69) is 25.8 Å². The fourth-order valence-electron chi connectivity index (χ4n) is 2.92. The second kappa shape index (κ2) is 8.51. The lowest BCUT2D eigenvalue weighted by molar-refractivity contribution is 0.174. The summed E-state index contributed by atoms with van der Waals surface area (Å²) in [5, 5.41) is 14.4. The van der Waals surface area contributed by atoms with E-state index in [-0.39, 0.29) is 6.79 Å². The smallest absolute Gasteiger partial charge is 0.249 e. The van der Waals surface area contributed by atoms with Crippen LogP contribution >= 0.6 is 0 Å². The van der Waals surface area contributed by atoms with Crippen molar-refractivity contribution in [2.75, 3.05) is 38.2 Å². The van der Waals surface area contributed by atoms with Gasteiger partial charge in [-0.05, 0) is 36.2 Å². The standard InChI is InChI=1S/C20H21N5O4/c1-26-15-5-3-13(9-17(15)27-2)7-8-21-19-11-22-25-20(24-19)23-14-4-6-16-18(10-14)29-12-28-16/h3-6,9-11H,7-8,12H2,1-2H3,(H2,21,23,24,25). The monoisotopic (exact) mass is 395 g/mol. The molecule has 9 nitrogen and oxygen atoms in total. The van der Waals surface area contributed by atoms with Crippen LogP contribution in [0.5, 0.6) is 23.0 Å². The van der Waals surface area contributed by atoms with Gasteiger partial charge in [-0.3, -0.25) is 0 Å². The van der Waals surface area contributed by atoms with Crippen LogP contribution in [0.4, 0.5) is 17.5 Å². The minimum absolute atomic E-state index is 0.232. The van der Waals surface area contributed by atoms with Gasteiger partial charge in [0.1, 0.15) is 0 Å². The van der Waals surface area contributed by atoms with E-state index in [1.807, 2.05) is 36.4 Å². The summed E-state index contributed by atoms with van der Waals surface area (Å²) in [7, 11) is 3.25. The maximum atomic E-state index is 5.38. The number of rotatable bonds is 8. The van der Waals surface area contributed by atoms with Crippen molar-refractivity contribution in [3.8, 4) is 23.0 Å². The van der Waals surface area contributed by atoms with Crippen molar-refractivity contribution in [3.05, 3.63) is 48.2 Å². The highest BCUT2D eigenvalue weighted by atomic mass is 16.7. The molecular weight excluding hydrogens is 374 g/mol. The lowest BCUT2D eigenvalue weighted by Crippen LogP contribution is -2.09. The Bertz CT molecular complexity index is 998. The molecule has 3 aromatic rings. The summed E-state index contributed by atoms with van der Waals surface area (Å²) in [6, 6.07) is 11.4. The van der Waals surface area contributed by atoms with Crippen LogP contribution in [0.3, 0.4) is 0 Å². The highest BCUT2D eigenvalue weighted by Crippen LogP contribution is 2.34. The number of methoxy groups -OCH3 is 2. The van der Waals surface area contributed by atoms with Crippen LogP contribution in [0.2, 0.25) is 0 Å². The number of ether oxygens (including phenoxy) is 4. The predicted molar refractivity (Wildman–Crippen MR) is 107 cm³/mol. The van der Waals surface area contributed by atoms with E-state index in [9.17, 15) is 0 Å². The zero-order valence-electron chi connectivity index (χ0n) is 16.1. The molecule has 0 radical (unpaired) electrons. The van der Waals surface area contributed by atoms with E-state index >= 15 is 0 Å². The molecule has 2 aromatic carbocycles. The third kappa shape index (κ3) is 4.40. The third-order valence-corrected chi connectivity index (χ3v) is 4.36. The summed E-state index contributed by atoms with van der Waals surface area (Å²) in [5.74, 6) is 3.85. The highest BCUT2D eigenvalue weighted by Gasteiger charge is 2.13. The Kier molecular flexibility index (Phi) is 5.46. The lowest BCUT2D eigenvalue weighted by atomic mass is 10.1. The number of anilines is 3. The molecule has 1 aliphatic rings. The number of aromatic nitrogens is 3. The summed E-state index contributed by atoms with van der Waals surface area (Å²) in [4.78, 5) is 4.44. The largest absolute Gasteiger partial charge is 0.493 e. The van der Waals surface area contributed by atoms with Crippen LogP contribution in [-0.4, -0.2) is 42.7 Å². The summed E-state index contributed by atoms with van der Waals surface area (Å²) in [5.41, 5.74) is 1.91. The average Bonchev–Trinajstić information content (AvgIpc) is 3.22. The Hall–Kier alpha value is -3.75. The van der Waals surface area contributed by atoms with Gasteiger partial charge in [-0.25, -0.2) is 0 Å². The van der Waals surface area contributed by atoms with Gasteiger partial charge >= 0.3 is 0 Å². The Morgan fingerprint density at radius 2 is 1.86 bits per heavy atom. The number of benzene rings is 2. The number of nitrogens with zero attached hydrogens (tertiary/aromatic N) is 3. The van der Waals surface area contributed by atoms with Crippen LogP contribution in [0.15, 0.2) is 42.6 Å². The SMILES string of the molecule is COc1ccc(CCNc2cnnc(Nc3ccc4c(c3)OCO4)n2)cc1OC. The maximum Gasteiger partial charge on any atom is 0.249 e. The Morgan fingerprint density at radius 1 is 1.00 bits per heavy atom. The van der Waals surface area contributed by atoms with E-state index in [0.717, 1.165) is 23.4 Å². The number of nitrogens with one attached hydrogen (secondary N) is 2. The minimum Gasteiger partial charge on any atom is -0.493 e. The third-order valence-electron chi connectivity index (χ3n) is 4.36. The van der Waals surface area contributed by atoms with E-state index in [1.165, 1.54) is 0 Å². The van der Waals surface area contributed by atoms with Crippen LogP contribution in [0.1, 0.15) is 5.56 Å². The molecule has 2 N–H and O–H groups in total. The first kappa shape index (κ1) is 18.6. The summed E-state index contributed by atoms with van der Waals surface area (Å²) in [6.45, 7) is 0.911. The van der Waals surface area contributed by atoms with Crippen molar-refractivity contribution >= 4 is 17.5 Å². The molecule has 9 heteroatoms.